The minimum Gasteiger partial charge on any atom is -0.393 e. The minimum atomic E-state index is -0.310. The third kappa shape index (κ3) is 4.41. The fourth-order valence-corrected chi connectivity index (χ4v) is 2.50. The molecule has 1 aliphatic rings. The van der Waals surface area contributed by atoms with Crippen LogP contribution in [0.2, 0.25) is 0 Å². The van der Waals surface area contributed by atoms with Crippen LogP contribution in [0.15, 0.2) is 24.3 Å². The van der Waals surface area contributed by atoms with Crippen molar-refractivity contribution in [2.24, 2.45) is 5.92 Å². The normalized spacial score (nSPS) is 22.2. The SMILES string of the molecule is COCCNC(=O)NC(c1ccc(F)cc1)C1CC(O)C1. The van der Waals surface area contributed by atoms with E-state index in [1.807, 2.05) is 0 Å². The second kappa shape index (κ2) is 7.38. The molecule has 1 atom stereocenters. The van der Waals surface area contributed by atoms with Gasteiger partial charge >= 0.3 is 6.03 Å². The van der Waals surface area contributed by atoms with Gasteiger partial charge in [-0.05, 0) is 36.5 Å². The molecule has 6 heteroatoms. The van der Waals surface area contributed by atoms with E-state index in [1.54, 1.807) is 19.2 Å². The van der Waals surface area contributed by atoms with E-state index in [0.29, 0.717) is 26.0 Å². The Labute approximate surface area is 123 Å². The molecule has 1 unspecified atom stereocenters. The number of urea groups is 1. The van der Waals surface area contributed by atoms with Crippen LogP contribution < -0.4 is 10.6 Å². The van der Waals surface area contributed by atoms with E-state index in [0.717, 1.165) is 5.56 Å². The molecule has 0 saturated heterocycles. The van der Waals surface area contributed by atoms with E-state index in [1.165, 1.54) is 12.1 Å². The first-order chi connectivity index (χ1) is 10.1. The van der Waals surface area contributed by atoms with Crippen LogP contribution in [-0.4, -0.2) is 37.5 Å². The van der Waals surface area contributed by atoms with Gasteiger partial charge < -0.3 is 20.5 Å². The summed E-state index contributed by atoms with van der Waals surface area (Å²) in [5, 5.41) is 15.1. The molecule has 1 fully saturated rings. The number of halogens is 1. The van der Waals surface area contributed by atoms with Crippen LogP contribution in [0.1, 0.15) is 24.4 Å². The number of methoxy groups -OCH3 is 1. The molecular formula is C15H21FN2O3. The number of rotatable bonds is 6. The quantitative estimate of drug-likeness (QED) is 0.698. The molecule has 0 aromatic heterocycles. The van der Waals surface area contributed by atoms with Gasteiger partial charge in [0.2, 0.25) is 0 Å². The van der Waals surface area contributed by atoms with E-state index in [4.69, 9.17) is 4.74 Å². The van der Waals surface area contributed by atoms with Gasteiger partial charge in [0, 0.05) is 13.7 Å². The maximum Gasteiger partial charge on any atom is 0.315 e. The van der Waals surface area contributed by atoms with Crippen LogP contribution in [0.3, 0.4) is 0 Å². The van der Waals surface area contributed by atoms with Crippen LogP contribution in [0.25, 0.3) is 0 Å². The Balaban J connectivity index is 1.99. The molecule has 3 N–H and O–H groups in total. The van der Waals surface area contributed by atoms with E-state index >= 15 is 0 Å². The molecular weight excluding hydrogens is 275 g/mol. The Bertz CT molecular complexity index is 460. The second-order valence-corrected chi connectivity index (χ2v) is 5.31. The maximum atomic E-state index is 13.0. The highest BCUT2D eigenvalue weighted by atomic mass is 19.1. The van der Waals surface area contributed by atoms with E-state index in [-0.39, 0.29) is 29.9 Å². The molecule has 1 saturated carbocycles. The summed E-state index contributed by atoms with van der Waals surface area (Å²) in [6, 6.07) is 5.57. The standard InChI is InChI=1S/C15H21FN2O3/c1-21-7-6-17-15(20)18-14(11-8-13(19)9-11)10-2-4-12(16)5-3-10/h2-5,11,13-14,19H,6-9H2,1H3,(H2,17,18,20). The Morgan fingerprint density at radius 3 is 2.67 bits per heavy atom. The van der Waals surface area contributed by atoms with Crippen molar-refractivity contribution in [2.45, 2.75) is 25.0 Å². The number of hydrogen-bond donors (Lipinski definition) is 3. The molecule has 0 radical (unpaired) electrons. The van der Waals surface area contributed by atoms with E-state index in [2.05, 4.69) is 10.6 Å². The smallest absolute Gasteiger partial charge is 0.315 e. The van der Waals surface area contributed by atoms with Crippen LogP contribution >= 0.6 is 0 Å². The zero-order valence-electron chi connectivity index (χ0n) is 12.0. The van der Waals surface area contributed by atoms with Gasteiger partial charge in [-0.15, -0.1) is 0 Å². The summed E-state index contributed by atoms with van der Waals surface area (Å²) in [5.74, 6) is -0.144. The summed E-state index contributed by atoms with van der Waals surface area (Å²) in [7, 11) is 1.57. The first-order valence-electron chi connectivity index (χ1n) is 7.07. The third-order valence-electron chi connectivity index (χ3n) is 3.73. The van der Waals surface area contributed by atoms with Crippen LogP contribution in [-0.2, 0) is 4.74 Å². The van der Waals surface area contributed by atoms with Crippen LogP contribution in [0.4, 0.5) is 9.18 Å². The Morgan fingerprint density at radius 2 is 2.10 bits per heavy atom. The molecule has 2 rings (SSSR count). The van der Waals surface area contributed by atoms with Gasteiger partial charge in [-0.25, -0.2) is 9.18 Å². The highest BCUT2D eigenvalue weighted by Gasteiger charge is 2.35. The molecule has 1 aromatic carbocycles. The maximum absolute atomic E-state index is 13.0. The second-order valence-electron chi connectivity index (χ2n) is 5.31. The van der Waals surface area contributed by atoms with Crippen molar-refractivity contribution in [1.29, 1.82) is 0 Å². The van der Waals surface area contributed by atoms with Crippen molar-refractivity contribution in [3.63, 3.8) is 0 Å². The molecule has 0 heterocycles. The van der Waals surface area contributed by atoms with Crippen molar-refractivity contribution in [3.05, 3.63) is 35.6 Å². The molecule has 116 valence electrons. The molecule has 2 amide bonds. The summed E-state index contributed by atoms with van der Waals surface area (Å²) in [4.78, 5) is 11.9. The summed E-state index contributed by atoms with van der Waals surface area (Å²) in [6.07, 6.45) is 0.970. The van der Waals surface area contributed by atoms with Crippen molar-refractivity contribution >= 4 is 6.03 Å². The highest BCUT2D eigenvalue weighted by Crippen LogP contribution is 2.38. The van der Waals surface area contributed by atoms with Crippen molar-refractivity contribution < 1.29 is 19.0 Å². The summed E-state index contributed by atoms with van der Waals surface area (Å²) < 4.78 is 17.9. The average Bonchev–Trinajstić information content (AvgIpc) is 2.43. The molecule has 0 spiro atoms. The number of carbonyl (C=O) groups excluding carboxylic acids is 1. The van der Waals surface area contributed by atoms with Crippen LogP contribution in [0, 0.1) is 11.7 Å². The summed E-state index contributed by atoms with van der Waals surface area (Å²) in [5.41, 5.74) is 0.843. The topological polar surface area (TPSA) is 70.6 Å². The lowest BCUT2D eigenvalue weighted by Gasteiger charge is -2.38. The van der Waals surface area contributed by atoms with E-state index < -0.39 is 0 Å². The number of aliphatic hydroxyl groups excluding tert-OH is 1. The molecule has 1 aromatic rings. The third-order valence-corrected chi connectivity index (χ3v) is 3.73. The molecule has 0 aliphatic heterocycles. The lowest BCUT2D eigenvalue weighted by atomic mass is 9.75. The van der Waals surface area contributed by atoms with Gasteiger partial charge in [-0.2, -0.15) is 0 Å². The Kier molecular flexibility index (Phi) is 5.52. The number of ether oxygens (including phenoxy) is 1. The average molecular weight is 296 g/mol. The zero-order chi connectivity index (χ0) is 15.2. The van der Waals surface area contributed by atoms with Gasteiger partial charge in [0.15, 0.2) is 0 Å². The fraction of sp³-hybridized carbons (Fsp3) is 0.533. The van der Waals surface area contributed by atoms with Gasteiger partial charge in [0.1, 0.15) is 5.82 Å². The van der Waals surface area contributed by atoms with Gasteiger partial charge in [-0.1, -0.05) is 12.1 Å². The summed E-state index contributed by atoms with van der Waals surface area (Å²) in [6.45, 7) is 0.864. The zero-order valence-corrected chi connectivity index (χ0v) is 12.0. The predicted molar refractivity (Wildman–Crippen MR) is 76.3 cm³/mol. The lowest BCUT2D eigenvalue weighted by Crippen LogP contribution is -2.45. The number of hydrogen-bond acceptors (Lipinski definition) is 3. The largest absolute Gasteiger partial charge is 0.393 e. The number of nitrogens with one attached hydrogen (secondary N) is 2. The molecule has 21 heavy (non-hydrogen) atoms. The van der Waals surface area contributed by atoms with Crippen LogP contribution in [0.5, 0.6) is 0 Å². The number of amides is 2. The lowest BCUT2D eigenvalue weighted by molar-refractivity contribution is 0.0259. The van der Waals surface area contributed by atoms with Crippen molar-refractivity contribution in [2.75, 3.05) is 20.3 Å². The molecule has 5 nitrogen and oxygen atoms in total. The number of carbonyl (C=O) groups is 1. The van der Waals surface area contributed by atoms with Crippen molar-refractivity contribution in [3.8, 4) is 0 Å². The molecule has 1 aliphatic carbocycles. The predicted octanol–water partition coefficient (Wildman–Crippen LogP) is 1.58. The van der Waals surface area contributed by atoms with Gasteiger partial charge in [0.25, 0.3) is 0 Å². The van der Waals surface area contributed by atoms with Crippen molar-refractivity contribution in [1.82, 2.24) is 10.6 Å². The Morgan fingerprint density at radius 1 is 1.43 bits per heavy atom. The van der Waals surface area contributed by atoms with Gasteiger partial charge in [-0.3, -0.25) is 0 Å². The van der Waals surface area contributed by atoms with Gasteiger partial charge in [0.05, 0.1) is 18.8 Å². The first kappa shape index (κ1) is 15.7. The summed E-state index contributed by atoms with van der Waals surface area (Å²) >= 11 is 0. The highest BCUT2D eigenvalue weighted by molar-refractivity contribution is 5.74. The minimum absolute atomic E-state index is 0.165. The number of benzene rings is 1. The first-order valence-corrected chi connectivity index (χ1v) is 7.07. The monoisotopic (exact) mass is 296 g/mol. The molecule has 0 bridgehead atoms. The Hall–Kier alpha value is -1.66. The fourth-order valence-electron chi connectivity index (χ4n) is 2.50. The van der Waals surface area contributed by atoms with E-state index in [9.17, 15) is 14.3 Å². The number of aliphatic hydroxyl groups is 1.